The van der Waals surface area contributed by atoms with Crippen molar-refractivity contribution in [2.45, 2.75) is 45.2 Å². The van der Waals surface area contributed by atoms with Crippen LogP contribution in [0.15, 0.2) is 18.2 Å². The van der Waals surface area contributed by atoms with Crippen LogP contribution in [0.1, 0.15) is 49.4 Å². The molecule has 0 aromatic heterocycles. The van der Waals surface area contributed by atoms with Crippen LogP contribution >= 0.6 is 0 Å². The van der Waals surface area contributed by atoms with E-state index >= 15 is 0 Å². The molecule has 0 bridgehead atoms. The number of halogens is 2. The highest BCUT2D eigenvalue weighted by molar-refractivity contribution is 5.88. The van der Waals surface area contributed by atoms with Gasteiger partial charge >= 0.3 is 5.97 Å². The maximum atomic E-state index is 13.5. The number of carbonyl (C=O) groups is 1. The lowest BCUT2D eigenvalue weighted by molar-refractivity contribution is 0.0691. The summed E-state index contributed by atoms with van der Waals surface area (Å²) in [6.07, 6.45) is 3.34. The van der Waals surface area contributed by atoms with Crippen molar-refractivity contribution >= 4 is 5.97 Å². The van der Waals surface area contributed by atoms with Crippen molar-refractivity contribution in [1.29, 1.82) is 0 Å². The van der Waals surface area contributed by atoms with E-state index in [2.05, 4.69) is 6.92 Å². The number of rotatable bonds is 9. The van der Waals surface area contributed by atoms with Crippen LogP contribution in [-0.4, -0.2) is 23.9 Å². The van der Waals surface area contributed by atoms with E-state index in [1.807, 2.05) is 0 Å². The van der Waals surface area contributed by atoms with Crippen LogP contribution in [0.2, 0.25) is 0 Å². The Balaban J connectivity index is 2.38. The van der Waals surface area contributed by atoms with Gasteiger partial charge in [-0.2, -0.15) is 0 Å². The monoisotopic (exact) mass is 286 g/mol. The molecule has 3 nitrogen and oxygen atoms in total. The van der Waals surface area contributed by atoms with Gasteiger partial charge in [-0.15, -0.1) is 0 Å². The van der Waals surface area contributed by atoms with E-state index in [4.69, 9.17) is 9.84 Å². The lowest BCUT2D eigenvalue weighted by Gasteiger charge is -2.11. The summed E-state index contributed by atoms with van der Waals surface area (Å²) in [6.45, 7) is 1.95. The molecule has 0 aliphatic heterocycles. The van der Waals surface area contributed by atoms with Crippen LogP contribution in [-0.2, 0) is 0 Å². The molecule has 0 spiro atoms. The van der Waals surface area contributed by atoms with Gasteiger partial charge in [0.05, 0.1) is 5.56 Å². The number of unbranched alkanes of at least 4 members (excludes halogenated alkanes) is 3. The molecule has 0 amide bonds. The van der Waals surface area contributed by atoms with Crippen molar-refractivity contribution in [3.05, 3.63) is 29.6 Å². The summed E-state index contributed by atoms with van der Waals surface area (Å²) in [4.78, 5) is 10.6. The fourth-order valence-electron chi connectivity index (χ4n) is 1.82. The minimum absolute atomic E-state index is 0.141. The van der Waals surface area contributed by atoms with Gasteiger partial charge in [-0.05, 0) is 18.6 Å². The molecule has 1 aromatic carbocycles. The third kappa shape index (κ3) is 5.55. The molecule has 112 valence electrons. The first-order chi connectivity index (χ1) is 9.54. The minimum atomic E-state index is -1.34. The van der Waals surface area contributed by atoms with Crippen LogP contribution in [0.25, 0.3) is 0 Å². The third-order valence-corrected chi connectivity index (χ3v) is 2.97. The molecule has 0 saturated carbocycles. The first-order valence-corrected chi connectivity index (χ1v) is 6.84. The van der Waals surface area contributed by atoms with Crippen molar-refractivity contribution in [1.82, 2.24) is 0 Å². The molecular formula is C15H20F2O3. The average molecular weight is 286 g/mol. The summed E-state index contributed by atoms with van der Waals surface area (Å²) in [5, 5.41) is 8.67. The normalized spacial score (nSPS) is 12.2. The lowest BCUT2D eigenvalue weighted by atomic mass is 10.1. The van der Waals surface area contributed by atoms with Crippen molar-refractivity contribution in [3.8, 4) is 5.75 Å². The maximum Gasteiger partial charge on any atom is 0.338 e. The molecule has 5 heteroatoms. The molecule has 0 aliphatic carbocycles. The Bertz CT molecular complexity index is 435. The fourth-order valence-corrected chi connectivity index (χ4v) is 1.82. The standard InChI is InChI=1S/C15H20F2O3/c1-2-3-4-5-6-11(16)10-20-12-7-8-13(15(18)19)14(17)9-12/h7-9,11H,2-6,10H2,1H3,(H,18,19)/t11-/m1/s1. The Morgan fingerprint density at radius 1 is 1.35 bits per heavy atom. The van der Waals surface area contributed by atoms with Gasteiger partial charge in [0.1, 0.15) is 24.3 Å². The molecule has 0 radical (unpaired) electrons. The smallest absolute Gasteiger partial charge is 0.338 e. The molecule has 0 aliphatic rings. The lowest BCUT2D eigenvalue weighted by Crippen LogP contribution is -2.13. The Kier molecular flexibility index (Phi) is 6.98. The van der Waals surface area contributed by atoms with Crippen molar-refractivity contribution in [2.24, 2.45) is 0 Å². The molecular weight excluding hydrogens is 266 g/mol. The maximum absolute atomic E-state index is 13.5. The van der Waals surface area contributed by atoms with Crippen molar-refractivity contribution in [2.75, 3.05) is 6.61 Å². The Morgan fingerprint density at radius 3 is 2.70 bits per heavy atom. The number of hydrogen-bond acceptors (Lipinski definition) is 2. The second kappa shape index (κ2) is 8.51. The van der Waals surface area contributed by atoms with E-state index in [0.717, 1.165) is 37.8 Å². The van der Waals surface area contributed by atoms with Gasteiger partial charge in [-0.25, -0.2) is 13.6 Å². The molecule has 1 N–H and O–H groups in total. The van der Waals surface area contributed by atoms with Gasteiger partial charge in [-0.3, -0.25) is 0 Å². The van der Waals surface area contributed by atoms with E-state index in [9.17, 15) is 13.6 Å². The highest BCUT2D eigenvalue weighted by atomic mass is 19.1. The van der Waals surface area contributed by atoms with Crippen LogP contribution in [0.4, 0.5) is 8.78 Å². The van der Waals surface area contributed by atoms with E-state index in [-0.39, 0.29) is 12.4 Å². The van der Waals surface area contributed by atoms with Gasteiger partial charge < -0.3 is 9.84 Å². The highest BCUT2D eigenvalue weighted by Gasteiger charge is 2.12. The van der Waals surface area contributed by atoms with Gasteiger partial charge in [0.2, 0.25) is 0 Å². The molecule has 0 saturated heterocycles. The molecule has 20 heavy (non-hydrogen) atoms. The first kappa shape index (κ1) is 16.4. The summed E-state index contributed by atoms with van der Waals surface area (Å²) in [7, 11) is 0. The Hall–Kier alpha value is -1.65. The third-order valence-electron chi connectivity index (χ3n) is 2.97. The number of benzene rings is 1. The predicted molar refractivity (Wildman–Crippen MR) is 72.5 cm³/mol. The van der Waals surface area contributed by atoms with Gasteiger partial charge in [-0.1, -0.05) is 32.6 Å². The first-order valence-electron chi connectivity index (χ1n) is 6.84. The summed E-state index contributed by atoms with van der Waals surface area (Å²) in [6, 6.07) is 3.41. The van der Waals surface area contributed by atoms with Crippen LogP contribution in [0.5, 0.6) is 5.75 Å². The van der Waals surface area contributed by atoms with Crippen molar-refractivity contribution in [3.63, 3.8) is 0 Å². The summed E-state index contributed by atoms with van der Waals surface area (Å²) in [5.41, 5.74) is -0.422. The zero-order valence-corrected chi connectivity index (χ0v) is 11.6. The fraction of sp³-hybridized carbons (Fsp3) is 0.533. The molecule has 0 heterocycles. The number of carboxylic acids is 1. The van der Waals surface area contributed by atoms with Gasteiger partial charge in [0.25, 0.3) is 0 Å². The summed E-state index contributed by atoms with van der Waals surface area (Å²) in [5.74, 6) is -2.08. The topological polar surface area (TPSA) is 46.5 Å². The largest absolute Gasteiger partial charge is 0.490 e. The summed E-state index contributed by atoms with van der Waals surface area (Å²) >= 11 is 0. The molecule has 1 atom stereocenters. The SMILES string of the molecule is CCCCCC[C@@H](F)COc1ccc(C(=O)O)c(F)c1. The van der Waals surface area contributed by atoms with Crippen LogP contribution < -0.4 is 4.74 Å². The van der Waals surface area contributed by atoms with Gasteiger partial charge in [0, 0.05) is 6.07 Å². The number of ether oxygens (including phenoxy) is 1. The van der Waals surface area contributed by atoms with E-state index < -0.39 is 23.5 Å². The predicted octanol–water partition coefficient (Wildman–Crippen LogP) is 4.21. The number of aromatic carboxylic acids is 1. The molecule has 1 aromatic rings. The van der Waals surface area contributed by atoms with Crippen LogP contribution in [0.3, 0.4) is 0 Å². The second-order valence-corrected chi connectivity index (χ2v) is 4.70. The number of hydrogen-bond donors (Lipinski definition) is 1. The molecule has 0 fully saturated rings. The number of carboxylic acid groups (broad SMARTS) is 1. The zero-order chi connectivity index (χ0) is 15.0. The number of alkyl halides is 1. The second-order valence-electron chi connectivity index (χ2n) is 4.70. The van der Waals surface area contributed by atoms with Crippen molar-refractivity contribution < 1.29 is 23.4 Å². The zero-order valence-electron chi connectivity index (χ0n) is 11.6. The van der Waals surface area contributed by atoms with E-state index in [0.29, 0.717) is 6.42 Å². The molecule has 0 unspecified atom stereocenters. The quantitative estimate of drug-likeness (QED) is 0.692. The van der Waals surface area contributed by atoms with E-state index in [1.54, 1.807) is 0 Å². The highest BCUT2D eigenvalue weighted by Crippen LogP contribution is 2.18. The van der Waals surface area contributed by atoms with E-state index in [1.165, 1.54) is 6.07 Å². The molecule has 1 rings (SSSR count). The Morgan fingerprint density at radius 2 is 2.10 bits per heavy atom. The average Bonchev–Trinajstić information content (AvgIpc) is 2.41. The van der Waals surface area contributed by atoms with Gasteiger partial charge in [0.15, 0.2) is 0 Å². The summed E-state index contributed by atoms with van der Waals surface area (Å²) < 4.78 is 32.0. The minimum Gasteiger partial charge on any atom is -0.490 e. The van der Waals surface area contributed by atoms with Crippen LogP contribution in [0, 0.1) is 5.82 Å². The Labute approximate surface area is 117 Å².